The van der Waals surface area contributed by atoms with Crippen LogP contribution in [0.3, 0.4) is 0 Å². The predicted octanol–water partition coefficient (Wildman–Crippen LogP) is 3.67. The third kappa shape index (κ3) is 5.81. The van der Waals surface area contributed by atoms with Crippen LogP contribution in [0, 0.1) is 24.2 Å². The number of anilines is 2. The van der Waals surface area contributed by atoms with Gasteiger partial charge in [0.05, 0.1) is 5.92 Å². The summed E-state index contributed by atoms with van der Waals surface area (Å²) >= 11 is 1.42. The summed E-state index contributed by atoms with van der Waals surface area (Å²) in [6, 6.07) is 7.80. The number of rotatable bonds is 5. The van der Waals surface area contributed by atoms with Gasteiger partial charge in [-0.2, -0.15) is 0 Å². The van der Waals surface area contributed by atoms with Gasteiger partial charge in [-0.3, -0.25) is 14.4 Å². The maximum atomic E-state index is 13.1. The van der Waals surface area contributed by atoms with Gasteiger partial charge in [-0.25, -0.2) is 0 Å². The van der Waals surface area contributed by atoms with Gasteiger partial charge in [0.2, 0.25) is 22.9 Å². The molecule has 34 heavy (non-hydrogen) atoms. The number of amides is 3. The van der Waals surface area contributed by atoms with Gasteiger partial charge >= 0.3 is 0 Å². The first-order valence-electron chi connectivity index (χ1n) is 11.9. The first kappa shape index (κ1) is 24.3. The molecule has 3 amide bonds. The highest BCUT2D eigenvalue weighted by Gasteiger charge is 2.38. The standard InChI is InChI=1S/C25H33N5O3S/c1-16-5-7-19(8-6-16)30-15-18(13-21(30)31)23(33)29-11-9-17(10-12-29)22(32)26-24-28-27-20(34-24)14-25(2,3)4/h5-8,17-18H,9-15H2,1-4H3,(H,26,28,32). The van der Waals surface area contributed by atoms with Gasteiger partial charge < -0.3 is 15.1 Å². The zero-order valence-corrected chi connectivity index (χ0v) is 21.2. The zero-order valence-electron chi connectivity index (χ0n) is 20.3. The van der Waals surface area contributed by atoms with Crippen molar-refractivity contribution in [3.8, 4) is 0 Å². The Hall–Kier alpha value is -2.81. The summed E-state index contributed by atoms with van der Waals surface area (Å²) in [4.78, 5) is 41.9. The lowest BCUT2D eigenvalue weighted by Gasteiger charge is -2.32. The second-order valence-electron chi connectivity index (χ2n) is 10.6. The molecule has 0 bridgehead atoms. The first-order chi connectivity index (χ1) is 16.1. The Kier molecular flexibility index (Phi) is 7.02. The number of nitrogens with one attached hydrogen (secondary N) is 1. The van der Waals surface area contributed by atoms with E-state index in [2.05, 4.69) is 36.3 Å². The number of aromatic nitrogens is 2. The fourth-order valence-corrected chi connectivity index (χ4v) is 5.55. The number of nitrogens with zero attached hydrogens (tertiary/aromatic N) is 4. The molecule has 2 aromatic rings. The zero-order chi connectivity index (χ0) is 24.5. The molecule has 4 rings (SSSR count). The quantitative estimate of drug-likeness (QED) is 0.700. The van der Waals surface area contributed by atoms with Crippen LogP contribution in [0.1, 0.15) is 50.6 Å². The molecule has 0 aliphatic carbocycles. The fourth-order valence-electron chi connectivity index (χ4n) is 4.50. The molecule has 9 heteroatoms. The second-order valence-corrected chi connectivity index (χ2v) is 11.6. The first-order valence-corrected chi connectivity index (χ1v) is 12.7. The molecule has 0 radical (unpaired) electrons. The summed E-state index contributed by atoms with van der Waals surface area (Å²) in [5.41, 5.74) is 2.08. The van der Waals surface area contributed by atoms with Crippen LogP contribution in [0.25, 0.3) is 0 Å². The van der Waals surface area contributed by atoms with Crippen LogP contribution in [0.4, 0.5) is 10.8 Å². The number of likely N-dealkylation sites (tertiary alicyclic amines) is 1. The van der Waals surface area contributed by atoms with E-state index in [1.54, 1.807) is 4.90 Å². The average molecular weight is 484 g/mol. The van der Waals surface area contributed by atoms with Crippen molar-refractivity contribution in [2.75, 3.05) is 29.9 Å². The van der Waals surface area contributed by atoms with Crippen LogP contribution in [0.2, 0.25) is 0 Å². The molecule has 1 atom stereocenters. The van der Waals surface area contributed by atoms with E-state index in [-0.39, 0.29) is 41.4 Å². The third-order valence-corrected chi connectivity index (χ3v) is 7.21. The van der Waals surface area contributed by atoms with Crippen LogP contribution in [0.5, 0.6) is 0 Å². The largest absolute Gasteiger partial charge is 0.342 e. The Bertz CT molecular complexity index is 1050. The van der Waals surface area contributed by atoms with Crippen molar-refractivity contribution >= 4 is 39.9 Å². The Balaban J connectivity index is 1.27. The number of carbonyl (C=O) groups excluding carboxylic acids is 3. The van der Waals surface area contributed by atoms with Crippen LogP contribution in [-0.4, -0.2) is 52.5 Å². The SMILES string of the molecule is Cc1ccc(N2CC(C(=O)N3CCC(C(=O)Nc4nnc(CC(C)(C)C)s4)CC3)CC2=O)cc1. The topological polar surface area (TPSA) is 95.5 Å². The Morgan fingerprint density at radius 1 is 1.09 bits per heavy atom. The van der Waals surface area contributed by atoms with E-state index in [9.17, 15) is 14.4 Å². The molecular formula is C25H33N5O3S. The maximum Gasteiger partial charge on any atom is 0.229 e. The molecule has 1 N–H and O–H groups in total. The minimum absolute atomic E-state index is 0.0118. The number of carbonyl (C=O) groups is 3. The number of hydrogen-bond acceptors (Lipinski definition) is 6. The summed E-state index contributed by atoms with van der Waals surface area (Å²) in [5.74, 6) is -0.556. The van der Waals surface area contributed by atoms with E-state index in [1.165, 1.54) is 11.3 Å². The molecule has 2 aliphatic rings. The predicted molar refractivity (Wildman–Crippen MR) is 133 cm³/mol. The van der Waals surface area contributed by atoms with Gasteiger partial charge in [0.25, 0.3) is 0 Å². The van der Waals surface area contributed by atoms with E-state index >= 15 is 0 Å². The summed E-state index contributed by atoms with van der Waals surface area (Å²) < 4.78 is 0. The number of hydrogen-bond donors (Lipinski definition) is 1. The molecule has 8 nitrogen and oxygen atoms in total. The highest BCUT2D eigenvalue weighted by Crippen LogP contribution is 2.29. The van der Waals surface area contributed by atoms with Crippen molar-refractivity contribution in [3.63, 3.8) is 0 Å². The van der Waals surface area contributed by atoms with Crippen LogP contribution in [0.15, 0.2) is 24.3 Å². The summed E-state index contributed by atoms with van der Waals surface area (Å²) in [5, 5.41) is 12.6. The van der Waals surface area contributed by atoms with Gasteiger partial charge in [-0.1, -0.05) is 49.8 Å². The molecule has 1 unspecified atom stereocenters. The highest BCUT2D eigenvalue weighted by molar-refractivity contribution is 7.15. The highest BCUT2D eigenvalue weighted by atomic mass is 32.1. The minimum atomic E-state index is -0.332. The number of aryl methyl sites for hydroxylation is 1. The monoisotopic (exact) mass is 483 g/mol. The second kappa shape index (κ2) is 9.82. The molecule has 2 fully saturated rings. The van der Waals surface area contributed by atoms with Crippen molar-refractivity contribution < 1.29 is 14.4 Å². The van der Waals surface area contributed by atoms with E-state index in [0.29, 0.717) is 37.6 Å². The van der Waals surface area contributed by atoms with E-state index in [1.807, 2.05) is 36.1 Å². The maximum absolute atomic E-state index is 13.1. The summed E-state index contributed by atoms with van der Waals surface area (Å²) in [7, 11) is 0. The lowest BCUT2D eigenvalue weighted by atomic mass is 9.93. The third-order valence-electron chi connectivity index (χ3n) is 6.38. The number of piperidine rings is 1. The smallest absolute Gasteiger partial charge is 0.229 e. The molecule has 182 valence electrons. The Labute approximate surface area is 204 Å². The fraction of sp³-hybridized carbons (Fsp3) is 0.560. The molecule has 0 spiro atoms. The molecule has 2 saturated heterocycles. The van der Waals surface area contributed by atoms with Crippen molar-refractivity contribution in [3.05, 3.63) is 34.8 Å². The molecule has 1 aromatic carbocycles. The van der Waals surface area contributed by atoms with Crippen molar-refractivity contribution in [2.45, 2.75) is 53.4 Å². The van der Waals surface area contributed by atoms with Gasteiger partial charge in [0.1, 0.15) is 5.01 Å². The van der Waals surface area contributed by atoms with Crippen molar-refractivity contribution in [1.82, 2.24) is 15.1 Å². The molecule has 2 aliphatic heterocycles. The summed E-state index contributed by atoms with van der Waals surface area (Å²) in [6.45, 7) is 9.89. The Morgan fingerprint density at radius 2 is 1.76 bits per heavy atom. The van der Waals surface area contributed by atoms with Gasteiger partial charge in [0, 0.05) is 44.1 Å². The normalized spacial score (nSPS) is 19.5. The van der Waals surface area contributed by atoms with Crippen molar-refractivity contribution in [1.29, 1.82) is 0 Å². The van der Waals surface area contributed by atoms with Gasteiger partial charge in [-0.05, 0) is 37.3 Å². The average Bonchev–Trinajstić information content (AvgIpc) is 3.38. The molecular weight excluding hydrogens is 450 g/mol. The van der Waals surface area contributed by atoms with Crippen molar-refractivity contribution in [2.24, 2.45) is 17.3 Å². The van der Waals surface area contributed by atoms with E-state index in [4.69, 9.17) is 0 Å². The summed E-state index contributed by atoms with van der Waals surface area (Å²) in [6.07, 6.45) is 2.26. The lowest BCUT2D eigenvalue weighted by Crippen LogP contribution is -2.44. The van der Waals surface area contributed by atoms with Crippen LogP contribution in [-0.2, 0) is 20.8 Å². The molecule has 1 aromatic heterocycles. The van der Waals surface area contributed by atoms with Crippen LogP contribution < -0.4 is 10.2 Å². The number of benzene rings is 1. The van der Waals surface area contributed by atoms with Gasteiger partial charge in [0.15, 0.2) is 0 Å². The van der Waals surface area contributed by atoms with Gasteiger partial charge in [-0.15, -0.1) is 10.2 Å². The van der Waals surface area contributed by atoms with Crippen LogP contribution >= 0.6 is 11.3 Å². The van der Waals surface area contributed by atoms with E-state index in [0.717, 1.165) is 22.7 Å². The lowest BCUT2D eigenvalue weighted by molar-refractivity contribution is -0.138. The minimum Gasteiger partial charge on any atom is -0.342 e. The molecule has 0 saturated carbocycles. The van der Waals surface area contributed by atoms with E-state index < -0.39 is 0 Å². The molecule has 3 heterocycles. The Morgan fingerprint density at radius 3 is 2.41 bits per heavy atom.